The molecule has 204 valence electrons. The Balaban J connectivity index is 1.28. The second kappa shape index (κ2) is 10.9. The summed E-state index contributed by atoms with van der Waals surface area (Å²) < 4.78 is 4.99. The van der Waals surface area contributed by atoms with Crippen molar-refractivity contribution >= 4 is 11.9 Å². The molecule has 2 aliphatic carbocycles. The number of carbonyl (C=O) groups is 2. The topological polar surface area (TPSA) is 90.9 Å². The fourth-order valence-electron chi connectivity index (χ4n) is 6.48. The van der Waals surface area contributed by atoms with E-state index in [-0.39, 0.29) is 35.6 Å². The van der Waals surface area contributed by atoms with E-state index in [1.54, 1.807) is 17.3 Å². The van der Waals surface area contributed by atoms with Crippen LogP contribution in [0.15, 0.2) is 42.7 Å². The summed E-state index contributed by atoms with van der Waals surface area (Å²) in [4.78, 5) is 41.1. The van der Waals surface area contributed by atoms with Gasteiger partial charge >= 0.3 is 12.0 Å². The highest BCUT2D eigenvalue weighted by molar-refractivity contribution is 5.86. The maximum Gasteiger partial charge on any atom is 0.321 e. The van der Waals surface area contributed by atoms with Crippen molar-refractivity contribution < 1.29 is 14.3 Å². The molecule has 9 heteroatoms. The number of nitrogens with zero attached hydrogens (tertiary/aromatic N) is 5. The molecule has 5 rings (SSSR count). The van der Waals surface area contributed by atoms with E-state index in [0.717, 1.165) is 37.8 Å². The van der Waals surface area contributed by atoms with Gasteiger partial charge < -0.3 is 19.9 Å². The van der Waals surface area contributed by atoms with Crippen LogP contribution >= 0.6 is 0 Å². The lowest BCUT2D eigenvalue weighted by atomic mass is 9.68. The molecule has 2 heterocycles. The summed E-state index contributed by atoms with van der Waals surface area (Å²) in [5, 5.41) is 2.92. The highest BCUT2D eigenvalue weighted by Crippen LogP contribution is 2.49. The molecule has 38 heavy (non-hydrogen) atoms. The quantitative estimate of drug-likeness (QED) is 0.545. The van der Waals surface area contributed by atoms with Gasteiger partial charge in [-0.05, 0) is 64.1 Å². The number of hydrogen-bond donors (Lipinski definition) is 1. The first-order chi connectivity index (χ1) is 18.3. The van der Waals surface area contributed by atoms with E-state index in [4.69, 9.17) is 4.74 Å². The van der Waals surface area contributed by atoms with Crippen molar-refractivity contribution in [2.45, 2.75) is 62.6 Å². The van der Waals surface area contributed by atoms with Crippen LogP contribution in [0.5, 0.6) is 6.01 Å². The average molecular weight is 521 g/mol. The maximum absolute atomic E-state index is 13.7. The summed E-state index contributed by atoms with van der Waals surface area (Å²) in [5.74, 6) is 0.409. The molecular weight excluding hydrogens is 480 g/mol. The molecule has 1 aliphatic heterocycles. The minimum absolute atomic E-state index is 0.0110. The highest BCUT2D eigenvalue weighted by Gasteiger charge is 2.55. The van der Waals surface area contributed by atoms with Crippen LogP contribution in [0.3, 0.4) is 0 Å². The van der Waals surface area contributed by atoms with Crippen molar-refractivity contribution in [3.63, 3.8) is 0 Å². The van der Waals surface area contributed by atoms with Gasteiger partial charge in [-0.15, -0.1) is 0 Å². The Morgan fingerprint density at radius 2 is 1.79 bits per heavy atom. The monoisotopic (exact) mass is 520 g/mol. The first-order valence-electron chi connectivity index (χ1n) is 13.8. The number of benzene rings is 1. The molecule has 1 aromatic carbocycles. The number of methoxy groups -OCH3 is 1. The van der Waals surface area contributed by atoms with Crippen molar-refractivity contribution in [3.8, 4) is 6.01 Å². The third-order valence-electron chi connectivity index (χ3n) is 9.09. The minimum Gasteiger partial charge on any atom is -0.467 e. The molecule has 0 bridgehead atoms. The summed E-state index contributed by atoms with van der Waals surface area (Å²) in [6, 6.07) is 11.1. The number of hydrogen-bond acceptors (Lipinski definition) is 6. The summed E-state index contributed by atoms with van der Waals surface area (Å²) >= 11 is 0. The van der Waals surface area contributed by atoms with Crippen LogP contribution in [-0.2, 0) is 16.9 Å². The van der Waals surface area contributed by atoms with E-state index in [1.807, 2.05) is 0 Å². The second-order valence-corrected chi connectivity index (χ2v) is 11.4. The van der Waals surface area contributed by atoms with Gasteiger partial charge in [0.15, 0.2) is 0 Å². The molecule has 1 spiro atoms. The molecule has 3 amide bonds. The zero-order chi connectivity index (χ0) is 26.8. The first kappa shape index (κ1) is 26.4. The van der Waals surface area contributed by atoms with Crippen LogP contribution in [0, 0.1) is 5.92 Å². The average Bonchev–Trinajstić information content (AvgIpc) is 3.15. The predicted octanol–water partition coefficient (Wildman–Crippen LogP) is 3.41. The van der Waals surface area contributed by atoms with E-state index >= 15 is 0 Å². The van der Waals surface area contributed by atoms with E-state index in [2.05, 4.69) is 69.5 Å². The zero-order valence-electron chi connectivity index (χ0n) is 22.9. The van der Waals surface area contributed by atoms with Gasteiger partial charge in [-0.2, -0.15) is 0 Å². The van der Waals surface area contributed by atoms with Gasteiger partial charge in [-0.3, -0.25) is 9.69 Å². The van der Waals surface area contributed by atoms with Crippen LogP contribution in [-0.4, -0.2) is 83.0 Å². The van der Waals surface area contributed by atoms with Crippen LogP contribution in [0.1, 0.15) is 56.1 Å². The van der Waals surface area contributed by atoms with Crippen molar-refractivity contribution in [3.05, 3.63) is 53.9 Å². The summed E-state index contributed by atoms with van der Waals surface area (Å²) in [7, 11) is 5.85. The lowest BCUT2D eigenvalue weighted by Gasteiger charge is -2.51. The van der Waals surface area contributed by atoms with Crippen LogP contribution in [0.2, 0.25) is 0 Å². The van der Waals surface area contributed by atoms with Crippen LogP contribution in [0.25, 0.3) is 0 Å². The van der Waals surface area contributed by atoms with Gasteiger partial charge in [0.25, 0.3) is 0 Å². The minimum atomic E-state index is -0.217. The van der Waals surface area contributed by atoms with Gasteiger partial charge in [0.05, 0.1) is 12.6 Å². The van der Waals surface area contributed by atoms with Crippen molar-refractivity contribution in [2.24, 2.45) is 5.92 Å². The normalized spacial score (nSPS) is 25.6. The SMILES string of the molecule is COc1ncc(CNC(=O)CN2C[C@]3(CC[C@@](c4ccccc4)(N(C)C)CC3)N(CC3CCC3)C2=O)cn1. The third kappa shape index (κ3) is 5.08. The molecule has 0 atom stereocenters. The third-order valence-corrected chi connectivity index (χ3v) is 9.09. The molecule has 0 unspecified atom stereocenters. The Kier molecular flexibility index (Phi) is 7.56. The lowest BCUT2D eigenvalue weighted by molar-refractivity contribution is -0.121. The van der Waals surface area contributed by atoms with Gasteiger partial charge in [0.2, 0.25) is 5.91 Å². The molecule has 1 N–H and O–H groups in total. The Labute approximate surface area is 225 Å². The predicted molar refractivity (Wildman–Crippen MR) is 144 cm³/mol. The van der Waals surface area contributed by atoms with Gasteiger partial charge in [-0.1, -0.05) is 36.8 Å². The van der Waals surface area contributed by atoms with Crippen LogP contribution < -0.4 is 10.1 Å². The molecule has 2 aromatic rings. The maximum atomic E-state index is 13.7. The fraction of sp³-hybridized carbons (Fsp3) is 0.586. The van der Waals surface area contributed by atoms with E-state index in [1.165, 1.54) is 31.9 Å². The number of urea groups is 1. The van der Waals surface area contributed by atoms with E-state index < -0.39 is 0 Å². The Hall–Kier alpha value is -3.20. The Morgan fingerprint density at radius 3 is 2.37 bits per heavy atom. The van der Waals surface area contributed by atoms with Gasteiger partial charge in [-0.25, -0.2) is 14.8 Å². The molecule has 1 saturated heterocycles. The van der Waals surface area contributed by atoms with Gasteiger partial charge in [0.1, 0.15) is 6.54 Å². The number of aromatic nitrogens is 2. The molecule has 3 fully saturated rings. The number of amides is 3. The number of rotatable bonds is 9. The Bertz CT molecular complexity index is 1110. The van der Waals surface area contributed by atoms with Crippen LogP contribution in [0.4, 0.5) is 4.79 Å². The molecule has 1 aromatic heterocycles. The largest absolute Gasteiger partial charge is 0.467 e. The molecule has 3 aliphatic rings. The number of nitrogens with one attached hydrogen (secondary N) is 1. The Morgan fingerprint density at radius 1 is 1.11 bits per heavy atom. The van der Waals surface area contributed by atoms with Crippen molar-refractivity contribution in [1.82, 2.24) is 30.0 Å². The molecule has 0 radical (unpaired) electrons. The smallest absolute Gasteiger partial charge is 0.321 e. The molecular formula is C29H40N6O3. The molecule has 2 saturated carbocycles. The second-order valence-electron chi connectivity index (χ2n) is 11.4. The number of carbonyl (C=O) groups excluding carboxylic acids is 2. The zero-order valence-corrected chi connectivity index (χ0v) is 22.9. The summed E-state index contributed by atoms with van der Waals surface area (Å²) in [6.07, 6.45) is 10.7. The van der Waals surface area contributed by atoms with Crippen molar-refractivity contribution in [1.29, 1.82) is 0 Å². The summed E-state index contributed by atoms with van der Waals surface area (Å²) in [6.45, 7) is 1.79. The fourth-order valence-corrected chi connectivity index (χ4v) is 6.48. The lowest BCUT2D eigenvalue weighted by Crippen LogP contribution is -2.56. The standard InChI is InChI=1S/C29H40N6O3/c1-33(2)29(24-10-5-4-6-11-24)14-12-28(13-15-29)21-34(27(37)35(28)19-22-8-7-9-22)20-25(36)30-16-23-17-31-26(38-3)32-18-23/h4-6,10-11,17-18,22H,7-9,12-16,19-21H2,1-3H3,(H,30,36)/t28-,29-. The van der Waals surface area contributed by atoms with E-state index in [9.17, 15) is 9.59 Å². The molecule has 9 nitrogen and oxygen atoms in total. The van der Waals surface area contributed by atoms with Crippen molar-refractivity contribution in [2.75, 3.05) is 40.8 Å². The van der Waals surface area contributed by atoms with E-state index in [0.29, 0.717) is 19.0 Å². The summed E-state index contributed by atoms with van der Waals surface area (Å²) in [5.41, 5.74) is 1.87. The van der Waals surface area contributed by atoms with Gasteiger partial charge in [0, 0.05) is 43.1 Å². The number of ether oxygens (including phenoxy) is 1. The first-order valence-corrected chi connectivity index (χ1v) is 13.8. The highest BCUT2D eigenvalue weighted by atomic mass is 16.5.